The van der Waals surface area contributed by atoms with Crippen molar-refractivity contribution in [2.45, 2.75) is 19.9 Å². The van der Waals surface area contributed by atoms with E-state index in [0.29, 0.717) is 5.56 Å². The highest BCUT2D eigenvalue weighted by atomic mass is 16.5. The second kappa shape index (κ2) is 7.87. The van der Waals surface area contributed by atoms with E-state index in [2.05, 4.69) is 5.32 Å². The third kappa shape index (κ3) is 3.94. The third-order valence-corrected chi connectivity index (χ3v) is 4.55. The van der Waals surface area contributed by atoms with Gasteiger partial charge in [0.1, 0.15) is 5.75 Å². The van der Waals surface area contributed by atoms with Crippen molar-refractivity contribution in [1.29, 1.82) is 0 Å². The average Bonchev–Trinajstić information content (AvgIpc) is 2.69. The van der Waals surface area contributed by atoms with Crippen LogP contribution in [0.15, 0.2) is 72.8 Å². The van der Waals surface area contributed by atoms with Gasteiger partial charge in [-0.05, 0) is 60.4 Å². The highest BCUT2D eigenvalue weighted by Crippen LogP contribution is 2.27. The van der Waals surface area contributed by atoms with Gasteiger partial charge in [-0.25, -0.2) is 0 Å². The molecule has 0 aliphatic carbocycles. The molecule has 3 rings (SSSR count). The lowest BCUT2D eigenvalue weighted by molar-refractivity contribution is 0.0940. The first-order valence-corrected chi connectivity index (χ1v) is 8.69. The summed E-state index contributed by atoms with van der Waals surface area (Å²) in [6.45, 7) is 4.04. The quantitative estimate of drug-likeness (QED) is 0.693. The molecule has 3 heteroatoms. The normalized spacial score (nSPS) is 11.7. The Bertz CT molecular complexity index is 886. The fraction of sp³-hybridized carbons (Fsp3) is 0.174. The molecule has 1 amide bonds. The van der Waals surface area contributed by atoms with Crippen LogP contribution in [0.3, 0.4) is 0 Å². The topological polar surface area (TPSA) is 38.3 Å². The van der Waals surface area contributed by atoms with Crippen molar-refractivity contribution in [2.75, 3.05) is 7.11 Å². The molecule has 0 spiro atoms. The van der Waals surface area contributed by atoms with Crippen LogP contribution in [0.25, 0.3) is 11.1 Å². The van der Waals surface area contributed by atoms with Gasteiger partial charge in [-0.1, -0.05) is 48.5 Å². The number of methoxy groups -OCH3 is 1. The standard InChI is InChI=1S/C23H23NO2/c1-16-9-10-20(15-22(16)19-11-13-21(26-3)14-12-19)23(25)24-17(2)18-7-5-4-6-8-18/h4-15,17H,1-3H3,(H,24,25)/t17-/m1/s1. The van der Waals surface area contributed by atoms with E-state index in [1.165, 1.54) is 0 Å². The lowest BCUT2D eigenvalue weighted by Gasteiger charge is -2.15. The number of amides is 1. The molecule has 3 aromatic carbocycles. The van der Waals surface area contributed by atoms with Crippen LogP contribution < -0.4 is 10.1 Å². The lowest BCUT2D eigenvalue weighted by atomic mass is 9.97. The Morgan fingerprint density at radius 1 is 0.962 bits per heavy atom. The highest BCUT2D eigenvalue weighted by molar-refractivity contribution is 5.96. The first-order valence-electron chi connectivity index (χ1n) is 8.69. The molecule has 0 saturated heterocycles. The molecule has 0 heterocycles. The van der Waals surface area contributed by atoms with Gasteiger partial charge in [0.25, 0.3) is 5.91 Å². The summed E-state index contributed by atoms with van der Waals surface area (Å²) in [7, 11) is 1.65. The number of hydrogen-bond donors (Lipinski definition) is 1. The van der Waals surface area contributed by atoms with Crippen molar-refractivity contribution in [2.24, 2.45) is 0 Å². The van der Waals surface area contributed by atoms with Crippen LogP contribution in [0.1, 0.15) is 34.5 Å². The zero-order valence-electron chi connectivity index (χ0n) is 15.3. The minimum atomic E-state index is -0.0730. The van der Waals surface area contributed by atoms with Gasteiger partial charge in [0.15, 0.2) is 0 Å². The molecule has 26 heavy (non-hydrogen) atoms. The predicted molar refractivity (Wildman–Crippen MR) is 105 cm³/mol. The van der Waals surface area contributed by atoms with Gasteiger partial charge < -0.3 is 10.1 Å². The van der Waals surface area contributed by atoms with E-state index in [9.17, 15) is 4.79 Å². The molecule has 0 unspecified atom stereocenters. The molecule has 132 valence electrons. The maximum atomic E-state index is 12.7. The summed E-state index contributed by atoms with van der Waals surface area (Å²) in [5.74, 6) is 0.744. The molecule has 0 bridgehead atoms. The van der Waals surface area contributed by atoms with Crippen LogP contribution >= 0.6 is 0 Å². The van der Waals surface area contributed by atoms with E-state index in [-0.39, 0.29) is 11.9 Å². The number of hydrogen-bond acceptors (Lipinski definition) is 2. The maximum Gasteiger partial charge on any atom is 0.251 e. The second-order valence-electron chi connectivity index (χ2n) is 6.36. The van der Waals surface area contributed by atoms with Crippen molar-refractivity contribution < 1.29 is 9.53 Å². The summed E-state index contributed by atoms with van der Waals surface area (Å²) in [6.07, 6.45) is 0. The Morgan fingerprint density at radius 3 is 2.31 bits per heavy atom. The maximum absolute atomic E-state index is 12.7. The van der Waals surface area contributed by atoms with Crippen molar-refractivity contribution in [3.8, 4) is 16.9 Å². The monoisotopic (exact) mass is 345 g/mol. The third-order valence-electron chi connectivity index (χ3n) is 4.55. The molecular weight excluding hydrogens is 322 g/mol. The molecule has 3 aromatic rings. The van der Waals surface area contributed by atoms with E-state index in [1.807, 2.05) is 86.6 Å². The molecule has 0 fully saturated rings. The SMILES string of the molecule is COc1ccc(-c2cc(C(=O)N[C@H](C)c3ccccc3)ccc2C)cc1. The number of carbonyl (C=O) groups is 1. The Labute approximate surface area is 154 Å². The molecule has 0 aliphatic heterocycles. The van der Waals surface area contributed by atoms with Crippen molar-refractivity contribution >= 4 is 5.91 Å². The van der Waals surface area contributed by atoms with Gasteiger partial charge in [0, 0.05) is 5.56 Å². The fourth-order valence-electron chi connectivity index (χ4n) is 2.95. The van der Waals surface area contributed by atoms with Crippen LogP contribution in [-0.4, -0.2) is 13.0 Å². The number of ether oxygens (including phenoxy) is 1. The molecule has 0 saturated carbocycles. The first-order chi connectivity index (χ1) is 12.6. The van der Waals surface area contributed by atoms with Gasteiger partial charge in [-0.2, -0.15) is 0 Å². The Balaban J connectivity index is 1.83. The Morgan fingerprint density at radius 2 is 1.65 bits per heavy atom. The Kier molecular flexibility index (Phi) is 5.37. The van der Waals surface area contributed by atoms with E-state index in [4.69, 9.17) is 4.74 Å². The van der Waals surface area contributed by atoms with Gasteiger partial charge >= 0.3 is 0 Å². The lowest BCUT2D eigenvalue weighted by Crippen LogP contribution is -2.26. The molecule has 3 nitrogen and oxygen atoms in total. The highest BCUT2D eigenvalue weighted by Gasteiger charge is 2.13. The van der Waals surface area contributed by atoms with Gasteiger partial charge in [-0.3, -0.25) is 4.79 Å². The largest absolute Gasteiger partial charge is 0.497 e. The average molecular weight is 345 g/mol. The van der Waals surface area contributed by atoms with Gasteiger partial charge in [0.05, 0.1) is 13.2 Å². The number of aryl methyl sites for hydroxylation is 1. The van der Waals surface area contributed by atoms with Crippen LogP contribution in [0.4, 0.5) is 0 Å². The molecule has 0 aromatic heterocycles. The summed E-state index contributed by atoms with van der Waals surface area (Å²) in [4.78, 5) is 12.7. The summed E-state index contributed by atoms with van der Waals surface area (Å²) < 4.78 is 5.22. The predicted octanol–water partition coefficient (Wildman–Crippen LogP) is 5.16. The van der Waals surface area contributed by atoms with Crippen LogP contribution in [0.2, 0.25) is 0 Å². The first kappa shape index (κ1) is 17.7. The van der Waals surface area contributed by atoms with E-state index < -0.39 is 0 Å². The number of benzene rings is 3. The molecule has 0 radical (unpaired) electrons. The number of rotatable bonds is 5. The van der Waals surface area contributed by atoms with Gasteiger partial charge in [0.2, 0.25) is 0 Å². The Hall–Kier alpha value is -3.07. The summed E-state index contributed by atoms with van der Waals surface area (Å²) in [6, 6.07) is 23.6. The van der Waals surface area contributed by atoms with Gasteiger partial charge in [-0.15, -0.1) is 0 Å². The van der Waals surface area contributed by atoms with Crippen LogP contribution in [0.5, 0.6) is 5.75 Å². The molecule has 1 atom stereocenters. The summed E-state index contributed by atoms with van der Waals surface area (Å²) in [5.41, 5.74) is 4.98. The van der Waals surface area contributed by atoms with Crippen LogP contribution in [-0.2, 0) is 0 Å². The number of carbonyl (C=O) groups excluding carboxylic acids is 1. The summed E-state index contributed by atoms with van der Waals surface area (Å²) in [5, 5.41) is 3.07. The zero-order chi connectivity index (χ0) is 18.5. The molecule has 1 N–H and O–H groups in total. The van der Waals surface area contributed by atoms with E-state index in [1.54, 1.807) is 7.11 Å². The summed E-state index contributed by atoms with van der Waals surface area (Å²) >= 11 is 0. The van der Waals surface area contributed by atoms with E-state index in [0.717, 1.165) is 28.0 Å². The zero-order valence-corrected chi connectivity index (χ0v) is 15.3. The van der Waals surface area contributed by atoms with Crippen molar-refractivity contribution in [3.63, 3.8) is 0 Å². The van der Waals surface area contributed by atoms with E-state index >= 15 is 0 Å². The van der Waals surface area contributed by atoms with Crippen LogP contribution in [0, 0.1) is 6.92 Å². The van der Waals surface area contributed by atoms with Crippen molar-refractivity contribution in [1.82, 2.24) is 5.32 Å². The second-order valence-corrected chi connectivity index (χ2v) is 6.36. The molecule has 0 aliphatic rings. The minimum Gasteiger partial charge on any atom is -0.497 e. The fourth-order valence-corrected chi connectivity index (χ4v) is 2.95. The number of nitrogens with one attached hydrogen (secondary N) is 1. The smallest absolute Gasteiger partial charge is 0.251 e. The van der Waals surface area contributed by atoms with Crippen molar-refractivity contribution in [3.05, 3.63) is 89.5 Å². The minimum absolute atomic E-state index is 0.0468. The molecular formula is C23H23NO2.